The first-order valence-electron chi connectivity index (χ1n) is 11.6. The topological polar surface area (TPSA) is 79.8 Å². The summed E-state index contributed by atoms with van der Waals surface area (Å²) >= 11 is 7.79. The van der Waals surface area contributed by atoms with Gasteiger partial charge in [-0.25, -0.2) is 13.4 Å². The number of likely N-dealkylation sites (N-methyl/N-ethyl adjacent to an activating group) is 1. The number of rotatable bonds is 12. The molecule has 0 fully saturated rings. The molecule has 1 heterocycles. The Morgan fingerprint density at radius 1 is 1.09 bits per heavy atom. The van der Waals surface area contributed by atoms with E-state index in [2.05, 4.69) is 18.7 Å². The number of amides is 1. The number of methoxy groups -OCH3 is 1. The van der Waals surface area contributed by atoms with Gasteiger partial charge in [0.05, 0.1) is 33.0 Å². The lowest BCUT2D eigenvalue weighted by Gasteiger charge is -2.24. The maximum absolute atomic E-state index is 13.3. The Labute approximate surface area is 216 Å². The van der Waals surface area contributed by atoms with Crippen LogP contribution in [0.25, 0.3) is 10.2 Å². The summed E-state index contributed by atoms with van der Waals surface area (Å²) in [5.41, 5.74) is 1.79. The lowest BCUT2D eigenvalue weighted by Crippen LogP contribution is -2.38. The van der Waals surface area contributed by atoms with E-state index >= 15 is 0 Å². The molecule has 0 aliphatic carbocycles. The molecule has 0 saturated heterocycles. The summed E-state index contributed by atoms with van der Waals surface area (Å²) in [7, 11) is -1.97. The molecule has 0 aliphatic heterocycles. The van der Waals surface area contributed by atoms with Crippen LogP contribution >= 0.6 is 22.9 Å². The third-order valence-corrected chi connectivity index (χ3v) is 9.33. The van der Waals surface area contributed by atoms with Crippen LogP contribution in [0.4, 0.5) is 5.13 Å². The van der Waals surface area contributed by atoms with Crippen LogP contribution in [0.5, 0.6) is 5.75 Å². The van der Waals surface area contributed by atoms with Gasteiger partial charge in [-0.1, -0.05) is 42.9 Å². The number of carbonyl (C=O) groups is 1. The van der Waals surface area contributed by atoms with Gasteiger partial charge in [-0.15, -0.1) is 0 Å². The second-order valence-corrected chi connectivity index (χ2v) is 11.7. The van der Waals surface area contributed by atoms with Crippen LogP contribution in [-0.2, 0) is 14.6 Å². The van der Waals surface area contributed by atoms with Gasteiger partial charge in [0.15, 0.2) is 15.0 Å². The van der Waals surface area contributed by atoms with Gasteiger partial charge in [0.1, 0.15) is 5.75 Å². The van der Waals surface area contributed by atoms with Crippen molar-refractivity contribution < 1.29 is 17.9 Å². The Morgan fingerprint density at radius 2 is 1.77 bits per heavy atom. The smallest absolute Gasteiger partial charge is 0.228 e. The molecule has 0 unspecified atom stereocenters. The van der Waals surface area contributed by atoms with Gasteiger partial charge in [-0.3, -0.25) is 9.69 Å². The number of aryl methyl sites for hydroxylation is 1. The van der Waals surface area contributed by atoms with Crippen LogP contribution in [0.15, 0.2) is 41.3 Å². The molecule has 0 radical (unpaired) electrons. The van der Waals surface area contributed by atoms with Crippen LogP contribution in [0.1, 0.15) is 32.3 Å². The maximum atomic E-state index is 13.3. The first-order chi connectivity index (χ1) is 16.7. The number of hydrogen-bond acceptors (Lipinski definition) is 7. The minimum atomic E-state index is -3.50. The molecule has 35 heavy (non-hydrogen) atoms. The van der Waals surface area contributed by atoms with Gasteiger partial charge in [0.2, 0.25) is 5.91 Å². The molecule has 3 rings (SSSR count). The molecule has 0 bridgehead atoms. The summed E-state index contributed by atoms with van der Waals surface area (Å²) in [6, 6.07) is 10.0. The van der Waals surface area contributed by atoms with Crippen LogP contribution in [-0.4, -0.2) is 63.3 Å². The summed E-state index contributed by atoms with van der Waals surface area (Å²) in [4.78, 5) is 22.2. The Balaban J connectivity index is 1.76. The Morgan fingerprint density at radius 3 is 2.37 bits per heavy atom. The number of halogens is 1. The highest BCUT2D eigenvalue weighted by molar-refractivity contribution is 7.91. The zero-order chi connectivity index (χ0) is 25.6. The van der Waals surface area contributed by atoms with Gasteiger partial charge in [0, 0.05) is 19.5 Å². The molecule has 190 valence electrons. The van der Waals surface area contributed by atoms with Crippen molar-refractivity contribution in [3.05, 3.63) is 47.0 Å². The van der Waals surface area contributed by atoms with Crippen molar-refractivity contribution in [3.63, 3.8) is 0 Å². The lowest BCUT2D eigenvalue weighted by atomic mass is 10.2. The highest BCUT2D eigenvalue weighted by atomic mass is 35.5. The molecular formula is C25H32ClN3O4S2. The van der Waals surface area contributed by atoms with E-state index in [1.807, 2.05) is 19.1 Å². The van der Waals surface area contributed by atoms with Crippen LogP contribution in [0.2, 0.25) is 5.02 Å². The van der Waals surface area contributed by atoms with Crippen molar-refractivity contribution in [2.75, 3.05) is 43.9 Å². The van der Waals surface area contributed by atoms with Crippen molar-refractivity contribution in [1.82, 2.24) is 9.88 Å². The number of ether oxygens (including phenoxy) is 1. The van der Waals surface area contributed by atoms with Gasteiger partial charge in [0.25, 0.3) is 0 Å². The molecule has 10 heteroatoms. The molecule has 0 saturated carbocycles. The van der Waals surface area contributed by atoms with E-state index in [1.54, 1.807) is 17.0 Å². The first-order valence-corrected chi connectivity index (χ1v) is 14.5. The molecule has 1 amide bonds. The Bertz CT molecular complexity index is 1220. The molecule has 0 atom stereocenters. The van der Waals surface area contributed by atoms with Crippen molar-refractivity contribution in [2.24, 2.45) is 0 Å². The quantitative estimate of drug-likeness (QED) is 0.316. The lowest BCUT2D eigenvalue weighted by molar-refractivity contribution is -0.118. The highest BCUT2D eigenvalue weighted by Gasteiger charge is 2.23. The molecule has 7 nitrogen and oxygen atoms in total. The molecular weight excluding hydrogens is 506 g/mol. The number of benzene rings is 2. The van der Waals surface area contributed by atoms with E-state index in [-0.39, 0.29) is 29.4 Å². The Hall–Kier alpha value is -2.20. The predicted octanol–water partition coefficient (Wildman–Crippen LogP) is 5.20. The van der Waals surface area contributed by atoms with Gasteiger partial charge in [-0.05, 0) is 62.3 Å². The molecule has 0 N–H and O–H groups in total. The van der Waals surface area contributed by atoms with Crippen LogP contribution in [0.3, 0.4) is 0 Å². The summed E-state index contributed by atoms with van der Waals surface area (Å²) in [5, 5.41) is 1.20. The number of sulfone groups is 1. The number of nitrogens with zero attached hydrogens (tertiary/aromatic N) is 3. The van der Waals surface area contributed by atoms with E-state index in [0.29, 0.717) is 29.0 Å². The summed E-state index contributed by atoms with van der Waals surface area (Å²) in [6.45, 7) is 9.07. The van der Waals surface area contributed by atoms with E-state index in [0.717, 1.165) is 28.9 Å². The first kappa shape index (κ1) is 27.4. The third kappa shape index (κ3) is 6.73. The molecule has 1 aromatic heterocycles. The largest absolute Gasteiger partial charge is 0.497 e. The van der Waals surface area contributed by atoms with Crippen molar-refractivity contribution in [2.45, 2.75) is 38.5 Å². The van der Waals surface area contributed by atoms with Crippen LogP contribution < -0.4 is 9.64 Å². The Kier molecular flexibility index (Phi) is 9.52. The van der Waals surface area contributed by atoms with Gasteiger partial charge < -0.3 is 9.64 Å². The number of aromatic nitrogens is 1. The summed E-state index contributed by atoms with van der Waals surface area (Å²) < 4.78 is 31.4. The zero-order valence-corrected chi connectivity index (χ0v) is 23.0. The monoisotopic (exact) mass is 537 g/mol. The summed E-state index contributed by atoms with van der Waals surface area (Å²) in [5.74, 6) is 0.337. The molecule has 2 aromatic carbocycles. The van der Waals surface area contributed by atoms with E-state index in [1.165, 1.54) is 30.6 Å². The summed E-state index contributed by atoms with van der Waals surface area (Å²) in [6.07, 6.45) is 0.329. The van der Waals surface area contributed by atoms with Gasteiger partial charge >= 0.3 is 0 Å². The number of fused-ring (bicyclic) bond motifs is 1. The second-order valence-electron chi connectivity index (χ2n) is 8.21. The number of hydrogen-bond donors (Lipinski definition) is 0. The standard InChI is InChI=1S/C25H32ClN3O4S2/c1-5-28(6-2)15-16-29(25-27-23-18(3)9-14-21(26)24(23)34-25)22(30)8-7-17-35(31,32)20-12-10-19(33-4)11-13-20/h9-14H,5-8,15-17H2,1-4H3. The zero-order valence-electron chi connectivity index (χ0n) is 20.6. The average Bonchev–Trinajstić information content (AvgIpc) is 3.30. The van der Waals surface area contributed by atoms with Crippen molar-refractivity contribution in [3.8, 4) is 5.75 Å². The second kappa shape index (κ2) is 12.2. The fourth-order valence-corrected chi connectivity index (χ4v) is 6.43. The minimum absolute atomic E-state index is 0.107. The van der Waals surface area contributed by atoms with E-state index in [4.69, 9.17) is 21.3 Å². The number of thiazole rings is 1. The SMILES string of the molecule is CCN(CC)CCN(C(=O)CCCS(=O)(=O)c1ccc(OC)cc1)c1nc2c(C)ccc(Cl)c2s1. The molecule has 0 aliphatic rings. The van der Waals surface area contributed by atoms with E-state index < -0.39 is 9.84 Å². The molecule has 0 spiro atoms. The third-order valence-electron chi connectivity index (χ3n) is 5.97. The molecule has 3 aromatic rings. The average molecular weight is 538 g/mol. The fraction of sp³-hybridized carbons (Fsp3) is 0.440. The highest BCUT2D eigenvalue weighted by Crippen LogP contribution is 2.36. The number of anilines is 1. The van der Waals surface area contributed by atoms with Crippen molar-refractivity contribution >= 4 is 54.0 Å². The maximum Gasteiger partial charge on any atom is 0.228 e. The number of carbonyl (C=O) groups excluding carboxylic acids is 1. The van der Waals surface area contributed by atoms with Crippen LogP contribution in [0, 0.1) is 6.92 Å². The fourth-order valence-electron chi connectivity index (χ4n) is 3.76. The van der Waals surface area contributed by atoms with Gasteiger partial charge in [-0.2, -0.15) is 0 Å². The van der Waals surface area contributed by atoms with E-state index in [9.17, 15) is 13.2 Å². The minimum Gasteiger partial charge on any atom is -0.497 e. The van der Waals surface area contributed by atoms with Crippen molar-refractivity contribution in [1.29, 1.82) is 0 Å². The predicted molar refractivity (Wildman–Crippen MR) is 144 cm³/mol. The normalized spacial score (nSPS) is 11.8.